The van der Waals surface area contributed by atoms with Crippen LogP contribution in [0.25, 0.3) is 5.69 Å². The fourth-order valence-electron chi connectivity index (χ4n) is 1.24. The second kappa shape index (κ2) is 4.35. The van der Waals surface area contributed by atoms with Gasteiger partial charge in [0.2, 0.25) is 0 Å². The summed E-state index contributed by atoms with van der Waals surface area (Å²) >= 11 is 9.27. The molecule has 0 radical (unpaired) electrons. The molecule has 0 aliphatic rings. The van der Waals surface area contributed by atoms with Gasteiger partial charge >= 0.3 is 0 Å². The molecule has 0 atom stereocenters. The highest BCUT2D eigenvalue weighted by molar-refractivity contribution is 9.10. The van der Waals surface area contributed by atoms with Crippen molar-refractivity contribution in [2.24, 2.45) is 5.73 Å². The van der Waals surface area contributed by atoms with E-state index in [9.17, 15) is 0 Å². The maximum absolute atomic E-state index is 5.90. The second-order valence-electron chi connectivity index (χ2n) is 3.05. The van der Waals surface area contributed by atoms with Crippen LogP contribution in [0.5, 0.6) is 0 Å². The molecule has 0 saturated heterocycles. The van der Waals surface area contributed by atoms with Crippen LogP contribution >= 0.6 is 27.5 Å². The normalized spacial score (nSPS) is 10.6. The predicted molar refractivity (Wildman–Crippen MR) is 64.2 cm³/mol. The number of nitrogens with two attached hydrogens (primary N) is 1. The zero-order valence-corrected chi connectivity index (χ0v) is 10.2. The number of rotatable bonds is 2. The van der Waals surface area contributed by atoms with Crippen molar-refractivity contribution in [2.75, 3.05) is 0 Å². The van der Waals surface area contributed by atoms with Gasteiger partial charge in [-0.15, -0.1) is 0 Å². The molecule has 1 aromatic heterocycles. The highest BCUT2D eigenvalue weighted by Gasteiger charge is 2.02. The third kappa shape index (κ3) is 2.22. The molecule has 0 spiro atoms. The number of nitrogens with zero attached hydrogens (tertiary/aromatic N) is 2. The summed E-state index contributed by atoms with van der Waals surface area (Å²) in [4.78, 5) is 0. The molecule has 0 aliphatic carbocycles. The van der Waals surface area contributed by atoms with Crippen LogP contribution in [-0.4, -0.2) is 9.78 Å². The van der Waals surface area contributed by atoms with E-state index in [4.69, 9.17) is 17.3 Å². The molecule has 0 fully saturated rings. The van der Waals surface area contributed by atoms with Gasteiger partial charge in [0.15, 0.2) is 0 Å². The third-order valence-corrected chi connectivity index (χ3v) is 3.24. The molecular formula is C10H9BrClN3. The predicted octanol–water partition coefficient (Wildman–Crippen LogP) is 2.75. The van der Waals surface area contributed by atoms with Crippen LogP contribution < -0.4 is 5.73 Å². The van der Waals surface area contributed by atoms with E-state index in [0.29, 0.717) is 11.6 Å². The minimum atomic E-state index is 0.446. The Kier molecular flexibility index (Phi) is 3.09. The first-order valence-electron chi connectivity index (χ1n) is 4.41. The van der Waals surface area contributed by atoms with Gasteiger partial charge in [-0.2, -0.15) is 5.10 Å². The lowest BCUT2D eigenvalue weighted by molar-refractivity contribution is 0.833. The van der Waals surface area contributed by atoms with Crippen molar-refractivity contribution < 1.29 is 0 Å². The van der Waals surface area contributed by atoms with Gasteiger partial charge in [-0.1, -0.05) is 11.6 Å². The Morgan fingerprint density at radius 3 is 2.80 bits per heavy atom. The van der Waals surface area contributed by atoms with Crippen molar-refractivity contribution in [3.05, 3.63) is 45.7 Å². The maximum atomic E-state index is 5.90. The third-order valence-electron chi connectivity index (χ3n) is 2.02. The minimum Gasteiger partial charge on any atom is -0.325 e. The molecule has 5 heteroatoms. The topological polar surface area (TPSA) is 43.8 Å². The molecule has 0 bridgehead atoms. The Morgan fingerprint density at radius 2 is 2.20 bits per heavy atom. The maximum Gasteiger partial charge on any atom is 0.0764 e. The second-order valence-corrected chi connectivity index (χ2v) is 4.32. The minimum absolute atomic E-state index is 0.446. The van der Waals surface area contributed by atoms with Crippen LogP contribution in [0.2, 0.25) is 5.02 Å². The zero-order valence-electron chi connectivity index (χ0n) is 7.82. The molecule has 15 heavy (non-hydrogen) atoms. The first-order chi connectivity index (χ1) is 7.20. The number of benzene rings is 1. The zero-order chi connectivity index (χ0) is 10.8. The SMILES string of the molecule is NCc1ccn(-c2ccc(Cl)c(Br)c2)n1. The van der Waals surface area contributed by atoms with Gasteiger partial charge in [0.1, 0.15) is 0 Å². The molecule has 1 heterocycles. The van der Waals surface area contributed by atoms with E-state index in [2.05, 4.69) is 21.0 Å². The summed E-state index contributed by atoms with van der Waals surface area (Å²) in [6.07, 6.45) is 1.87. The Labute approximate surface area is 101 Å². The Hall–Kier alpha value is -0.840. The van der Waals surface area contributed by atoms with Crippen LogP contribution in [0.3, 0.4) is 0 Å². The lowest BCUT2D eigenvalue weighted by Gasteiger charge is -2.02. The van der Waals surface area contributed by atoms with Gasteiger partial charge in [-0.25, -0.2) is 4.68 Å². The smallest absolute Gasteiger partial charge is 0.0764 e. The van der Waals surface area contributed by atoms with Gasteiger partial charge < -0.3 is 5.73 Å². The van der Waals surface area contributed by atoms with Gasteiger partial charge in [-0.05, 0) is 40.2 Å². The summed E-state index contributed by atoms with van der Waals surface area (Å²) in [5, 5.41) is 4.98. The molecule has 2 rings (SSSR count). The standard InChI is InChI=1S/C10H9BrClN3/c11-9-5-8(1-2-10(9)12)15-4-3-7(6-13)14-15/h1-5H,6,13H2. The monoisotopic (exact) mass is 285 g/mol. The summed E-state index contributed by atoms with van der Waals surface area (Å²) in [5.41, 5.74) is 7.30. The average molecular weight is 287 g/mol. The number of halogens is 2. The molecule has 3 nitrogen and oxygen atoms in total. The van der Waals surface area contributed by atoms with Crippen LogP contribution in [0, 0.1) is 0 Å². The van der Waals surface area contributed by atoms with Crippen molar-refractivity contribution in [2.45, 2.75) is 6.54 Å². The molecule has 1 aromatic carbocycles. The molecular weight excluding hydrogens is 277 g/mol. The molecule has 2 aromatic rings. The van der Waals surface area contributed by atoms with Crippen molar-refractivity contribution in [3.8, 4) is 5.69 Å². The lowest BCUT2D eigenvalue weighted by Crippen LogP contribution is -2.00. The summed E-state index contributed by atoms with van der Waals surface area (Å²) < 4.78 is 2.62. The Morgan fingerprint density at radius 1 is 1.40 bits per heavy atom. The summed E-state index contributed by atoms with van der Waals surface area (Å²) in [5.74, 6) is 0. The highest BCUT2D eigenvalue weighted by Crippen LogP contribution is 2.24. The fourth-order valence-corrected chi connectivity index (χ4v) is 1.73. The van der Waals surface area contributed by atoms with Crippen LogP contribution in [-0.2, 0) is 6.54 Å². The van der Waals surface area contributed by atoms with Crippen LogP contribution in [0.15, 0.2) is 34.9 Å². The van der Waals surface area contributed by atoms with Crippen molar-refractivity contribution in [3.63, 3.8) is 0 Å². The number of aromatic nitrogens is 2. The van der Waals surface area contributed by atoms with Crippen LogP contribution in [0.1, 0.15) is 5.69 Å². The van der Waals surface area contributed by atoms with E-state index in [1.807, 2.05) is 30.5 Å². The van der Waals surface area contributed by atoms with E-state index < -0.39 is 0 Å². The van der Waals surface area contributed by atoms with Gasteiger partial charge in [0, 0.05) is 17.2 Å². The number of hydrogen-bond acceptors (Lipinski definition) is 2. The molecule has 0 saturated carbocycles. The molecule has 2 N–H and O–H groups in total. The summed E-state index contributed by atoms with van der Waals surface area (Å²) in [7, 11) is 0. The van der Waals surface area contributed by atoms with E-state index in [-0.39, 0.29) is 0 Å². The Bertz CT molecular complexity index is 481. The van der Waals surface area contributed by atoms with Gasteiger partial charge in [0.05, 0.1) is 16.4 Å². The van der Waals surface area contributed by atoms with E-state index >= 15 is 0 Å². The van der Waals surface area contributed by atoms with Crippen molar-refractivity contribution >= 4 is 27.5 Å². The van der Waals surface area contributed by atoms with E-state index in [1.165, 1.54) is 0 Å². The molecule has 0 amide bonds. The first kappa shape index (κ1) is 10.7. The van der Waals surface area contributed by atoms with Crippen molar-refractivity contribution in [1.29, 1.82) is 0 Å². The first-order valence-corrected chi connectivity index (χ1v) is 5.58. The number of hydrogen-bond donors (Lipinski definition) is 1. The molecule has 0 unspecified atom stereocenters. The largest absolute Gasteiger partial charge is 0.325 e. The van der Waals surface area contributed by atoms with Gasteiger partial charge in [0.25, 0.3) is 0 Å². The lowest BCUT2D eigenvalue weighted by atomic mass is 10.3. The summed E-state index contributed by atoms with van der Waals surface area (Å²) in [6.45, 7) is 0.446. The van der Waals surface area contributed by atoms with Gasteiger partial charge in [-0.3, -0.25) is 0 Å². The van der Waals surface area contributed by atoms with Crippen molar-refractivity contribution in [1.82, 2.24) is 9.78 Å². The molecule has 78 valence electrons. The van der Waals surface area contributed by atoms with E-state index in [0.717, 1.165) is 15.9 Å². The average Bonchev–Trinajstić information content (AvgIpc) is 2.70. The molecule has 0 aliphatic heterocycles. The highest BCUT2D eigenvalue weighted by atomic mass is 79.9. The van der Waals surface area contributed by atoms with E-state index in [1.54, 1.807) is 4.68 Å². The quantitative estimate of drug-likeness (QED) is 0.922. The van der Waals surface area contributed by atoms with Crippen LogP contribution in [0.4, 0.5) is 0 Å². The summed E-state index contributed by atoms with van der Waals surface area (Å²) in [6, 6.07) is 7.53. The Balaban J connectivity index is 2.40. The fraction of sp³-hybridized carbons (Fsp3) is 0.100.